The van der Waals surface area contributed by atoms with Crippen LogP contribution in [0.5, 0.6) is 0 Å². The van der Waals surface area contributed by atoms with Gasteiger partial charge in [0.15, 0.2) is 0 Å². The van der Waals surface area contributed by atoms with Gasteiger partial charge in [-0.25, -0.2) is 4.98 Å². The van der Waals surface area contributed by atoms with E-state index in [0.717, 1.165) is 45.0 Å². The quantitative estimate of drug-likeness (QED) is 0.149. The first-order chi connectivity index (χ1) is 33.7. The number of aromatic nitrogens is 3. The van der Waals surface area contributed by atoms with Gasteiger partial charge in [-0.2, -0.15) is 0 Å². The number of benzene rings is 10. The minimum Gasteiger partial charge on any atom is -0.309 e. The predicted molar refractivity (Wildman–Crippen MR) is 286 cm³/mol. The molecule has 68 heavy (non-hydrogen) atoms. The zero-order valence-corrected chi connectivity index (χ0v) is 37.2. The molecule has 3 aromatic heterocycles. The summed E-state index contributed by atoms with van der Waals surface area (Å²) in [4.78, 5) is 5.27. The molecule has 318 valence electrons. The van der Waals surface area contributed by atoms with Crippen LogP contribution in [0.4, 0.5) is 0 Å². The standard InChI is InChI=1S/C65H43N3/c1-4-15-44(16-5-1)46-27-29-47(30-28-46)48-31-35-54(36-32-48)67-62-25-12-10-23-56(62)58-37-33-51(43-65(58)67)50-34-38-64-59(40-50)57-24-11-13-26-63(57)68(64)55-22-14-21-52(39-55)61-42-53(45-17-6-2-7-18-45)41-60(66-61)49-19-8-3-9-20-49/h1-43H. The Kier molecular flexibility index (Phi) is 9.50. The van der Waals surface area contributed by atoms with Crippen molar-refractivity contribution in [2.75, 3.05) is 0 Å². The fourth-order valence-corrected chi connectivity index (χ4v) is 10.2. The lowest BCUT2D eigenvalue weighted by molar-refractivity contribution is 1.18. The highest BCUT2D eigenvalue weighted by Crippen LogP contribution is 2.40. The van der Waals surface area contributed by atoms with Gasteiger partial charge < -0.3 is 9.13 Å². The van der Waals surface area contributed by atoms with Crippen LogP contribution in [0.25, 0.3) is 122 Å². The van der Waals surface area contributed by atoms with Gasteiger partial charge in [-0.05, 0) is 111 Å². The third-order valence-electron chi connectivity index (χ3n) is 13.5. The number of para-hydroxylation sites is 2. The zero-order chi connectivity index (χ0) is 45.0. The molecule has 0 saturated heterocycles. The van der Waals surface area contributed by atoms with Crippen molar-refractivity contribution in [2.45, 2.75) is 0 Å². The van der Waals surface area contributed by atoms with E-state index >= 15 is 0 Å². The van der Waals surface area contributed by atoms with Gasteiger partial charge in [-0.3, -0.25) is 0 Å². The van der Waals surface area contributed by atoms with Crippen LogP contribution in [0.1, 0.15) is 0 Å². The third kappa shape index (κ3) is 6.88. The molecule has 13 rings (SSSR count). The van der Waals surface area contributed by atoms with Gasteiger partial charge in [0.1, 0.15) is 0 Å². The van der Waals surface area contributed by atoms with Crippen molar-refractivity contribution in [3.8, 4) is 78.4 Å². The normalized spacial score (nSPS) is 11.5. The Morgan fingerprint density at radius 1 is 0.206 bits per heavy atom. The molecule has 0 atom stereocenters. The molecule has 3 heteroatoms. The van der Waals surface area contributed by atoms with Crippen molar-refractivity contribution in [3.63, 3.8) is 0 Å². The number of nitrogens with zero attached hydrogens (tertiary/aromatic N) is 3. The highest BCUT2D eigenvalue weighted by atomic mass is 15.0. The molecule has 0 saturated carbocycles. The molecule has 0 unspecified atom stereocenters. The molecule has 0 fully saturated rings. The number of hydrogen-bond donors (Lipinski definition) is 0. The minimum absolute atomic E-state index is 0.938. The highest BCUT2D eigenvalue weighted by molar-refractivity contribution is 6.12. The zero-order valence-electron chi connectivity index (χ0n) is 37.2. The van der Waals surface area contributed by atoms with Gasteiger partial charge in [0, 0.05) is 44.0 Å². The molecule has 0 amide bonds. The first kappa shape index (κ1) is 39.3. The number of fused-ring (bicyclic) bond motifs is 6. The van der Waals surface area contributed by atoms with Crippen LogP contribution in [0, 0.1) is 0 Å². The van der Waals surface area contributed by atoms with Gasteiger partial charge in [0.2, 0.25) is 0 Å². The maximum Gasteiger partial charge on any atom is 0.0716 e. The Labute approximate surface area is 395 Å². The summed E-state index contributed by atoms with van der Waals surface area (Å²) in [6.45, 7) is 0. The van der Waals surface area contributed by atoms with Crippen LogP contribution in [0.15, 0.2) is 261 Å². The van der Waals surface area contributed by atoms with Gasteiger partial charge in [0.05, 0.1) is 33.5 Å². The van der Waals surface area contributed by atoms with Crippen molar-refractivity contribution in [1.82, 2.24) is 14.1 Å². The third-order valence-corrected chi connectivity index (χ3v) is 13.5. The van der Waals surface area contributed by atoms with E-state index in [1.807, 2.05) is 0 Å². The van der Waals surface area contributed by atoms with Crippen molar-refractivity contribution in [1.29, 1.82) is 0 Å². The maximum atomic E-state index is 5.27. The summed E-state index contributed by atoms with van der Waals surface area (Å²) in [5.74, 6) is 0. The summed E-state index contributed by atoms with van der Waals surface area (Å²) in [6, 6.07) is 94.2. The Morgan fingerprint density at radius 2 is 0.632 bits per heavy atom. The van der Waals surface area contributed by atoms with E-state index in [-0.39, 0.29) is 0 Å². The van der Waals surface area contributed by atoms with Crippen LogP contribution in [0.2, 0.25) is 0 Å². The fourth-order valence-electron chi connectivity index (χ4n) is 10.2. The molecule has 0 aliphatic rings. The molecule has 0 N–H and O–H groups in total. The van der Waals surface area contributed by atoms with Crippen molar-refractivity contribution in [2.24, 2.45) is 0 Å². The number of rotatable bonds is 8. The minimum atomic E-state index is 0.938. The van der Waals surface area contributed by atoms with Gasteiger partial charge >= 0.3 is 0 Å². The predicted octanol–water partition coefficient (Wildman–Crippen LogP) is 17.3. The molecular formula is C65H43N3. The monoisotopic (exact) mass is 865 g/mol. The highest BCUT2D eigenvalue weighted by Gasteiger charge is 2.18. The Morgan fingerprint density at radius 3 is 1.28 bits per heavy atom. The van der Waals surface area contributed by atoms with Gasteiger partial charge in [-0.15, -0.1) is 0 Å². The van der Waals surface area contributed by atoms with Crippen LogP contribution >= 0.6 is 0 Å². The second-order valence-corrected chi connectivity index (χ2v) is 17.6. The van der Waals surface area contributed by atoms with Crippen LogP contribution in [0.3, 0.4) is 0 Å². The fraction of sp³-hybridized carbons (Fsp3) is 0. The average Bonchev–Trinajstić information content (AvgIpc) is 3.94. The largest absolute Gasteiger partial charge is 0.309 e. The molecule has 0 radical (unpaired) electrons. The Hall–Kier alpha value is -9.05. The van der Waals surface area contributed by atoms with Crippen molar-refractivity contribution < 1.29 is 0 Å². The molecule has 3 nitrogen and oxygen atoms in total. The summed E-state index contributed by atoms with van der Waals surface area (Å²) in [7, 11) is 0. The second-order valence-electron chi connectivity index (χ2n) is 17.6. The number of hydrogen-bond acceptors (Lipinski definition) is 1. The maximum absolute atomic E-state index is 5.27. The summed E-state index contributed by atoms with van der Waals surface area (Å²) < 4.78 is 4.82. The van der Waals surface area contributed by atoms with Gasteiger partial charge in [0.25, 0.3) is 0 Å². The lowest BCUT2D eigenvalue weighted by Gasteiger charge is -2.13. The van der Waals surface area contributed by atoms with E-state index in [1.165, 1.54) is 77.0 Å². The summed E-state index contributed by atoms with van der Waals surface area (Å²) in [5.41, 5.74) is 20.5. The van der Waals surface area contributed by atoms with E-state index in [0.29, 0.717) is 0 Å². The van der Waals surface area contributed by atoms with E-state index in [4.69, 9.17) is 4.98 Å². The first-order valence-corrected chi connectivity index (χ1v) is 23.3. The summed E-state index contributed by atoms with van der Waals surface area (Å²) >= 11 is 0. The Bertz CT molecular complexity index is 3920. The smallest absolute Gasteiger partial charge is 0.0716 e. The molecule has 13 aromatic rings. The molecule has 10 aromatic carbocycles. The average molecular weight is 866 g/mol. The van der Waals surface area contributed by atoms with Gasteiger partial charge in [-0.1, -0.05) is 194 Å². The topological polar surface area (TPSA) is 22.8 Å². The second kappa shape index (κ2) is 16.4. The van der Waals surface area contributed by atoms with Crippen LogP contribution in [-0.2, 0) is 0 Å². The summed E-state index contributed by atoms with van der Waals surface area (Å²) in [5, 5.41) is 4.92. The molecule has 0 bridgehead atoms. The first-order valence-electron chi connectivity index (χ1n) is 23.3. The van der Waals surface area contributed by atoms with E-state index in [9.17, 15) is 0 Å². The molecule has 0 spiro atoms. The lowest BCUT2D eigenvalue weighted by atomic mass is 10.00. The molecule has 3 heterocycles. The number of pyridine rings is 1. The lowest BCUT2D eigenvalue weighted by Crippen LogP contribution is -1.96. The van der Waals surface area contributed by atoms with E-state index < -0.39 is 0 Å². The molecule has 0 aliphatic heterocycles. The summed E-state index contributed by atoms with van der Waals surface area (Å²) in [6.07, 6.45) is 0. The van der Waals surface area contributed by atoms with Crippen LogP contribution < -0.4 is 0 Å². The van der Waals surface area contributed by atoms with E-state index in [1.54, 1.807) is 0 Å². The van der Waals surface area contributed by atoms with E-state index in [2.05, 4.69) is 270 Å². The van der Waals surface area contributed by atoms with Crippen molar-refractivity contribution >= 4 is 43.6 Å². The SMILES string of the molecule is c1ccc(-c2ccc(-c3ccc(-n4c5ccccc5c5ccc(-c6ccc7c(c6)c6ccccc6n7-c6cccc(-c7cc(-c8ccccc8)cc(-c8ccccc8)n7)c6)cc54)cc3)cc2)cc1. The Balaban J connectivity index is 0.888. The molecular weight excluding hydrogens is 823 g/mol. The van der Waals surface area contributed by atoms with Crippen molar-refractivity contribution in [3.05, 3.63) is 261 Å². The van der Waals surface area contributed by atoms with Crippen LogP contribution in [-0.4, -0.2) is 14.1 Å². The molecule has 0 aliphatic carbocycles.